The first kappa shape index (κ1) is 26.8. The van der Waals surface area contributed by atoms with Crippen molar-refractivity contribution in [2.24, 2.45) is 0 Å². The maximum atomic E-state index is 13.4. The number of amides is 2. The lowest BCUT2D eigenvalue weighted by Crippen LogP contribution is -2.52. The van der Waals surface area contributed by atoms with Gasteiger partial charge in [0.25, 0.3) is 5.91 Å². The van der Waals surface area contributed by atoms with Crippen LogP contribution in [0.25, 0.3) is 0 Å². The molecule has 0 spiro atoms. The molecule has 35 heavy (non-hydrogen) atoms. The van der Waals surface area contributed by atoms with Gasteiger partial charge in [-0.1, -0.05) is 88.9 Å². The van der Waals surface area contributed by atoms with E-state index in [0.29, 0.717) is 18.7 Å². The molecule has 1 fully saturated rings. The molecule has 0 bridgehead atoms. The van der Waals surface area contributed by atoms with Crippen LogP contribution >= 0.6 is 0 Å². The van der Waals surface area contributed by atoms with E-state index in [1.807, 2.05) is 56.3 Å². The van der Waals surface area contributed by atoms with Crippen LogP contribution in [0.3, 0.4) is 0 Å². The summed E-state index contributed by atoms with van der Waals surface area (Å²) in [6.07, 6.45) is 6.11. The van der Waals surface area contributed by atoms with E-state index in [9.17, 15) is 9.59 Å². The Hall–Kier alpha value is -2.82. The highest BCUT2D eigenvalue weighted by atomic mass is 16.5. The van der Waals surface area contributed by atoms with Gasteiger partial charge in [0.15, 0.2) is 6.61 Å². The van der Waals surface area contributed by atoms with Gasteiger partial charge in [0, 0.05) is 12.6 Å². The normalized spacial score (nSPS) is 15.3. The number of rotatable bonds is 9. The van der Waals surface area contributed by atoms with Gasteiger partial charge in [-0.25, -0.2) is 0 Å². The number of hydrogen-bond donors (Lipinski definition) is 1. The van der Waals surface area contributed by atoms with E-state index in [2.05, 4.69) is 32.2 Å². The van der Waals surface area contributed by atoms with Crippen LogP contribution < -0.4 is 10.1 Å². The Kier molecular flexibility index (Phi) is 9.36. The van der Waals surface area contributed by atoms with E-state index in [0.717, 1.165) is 36.8 Å². The Morgan fingerprint density at radius 1 is 1.06 bits per heavy atom. The minimum Gasteiger partial charge on any atom is -0.484 e. The minimum absolute atomic E-state index is 0.0546. The molecule has 1 N–H and O–H groups in total. The third kappa shape index (κ3) is 7.84. The van der Waals surface area contributed by atoms with Crippen molar-refractivity contribution in [2.45, 2.75) is 97.2 Å². The first-order chi connectivity index (χ1) is 16.7. The summed E-state index contributed by atoms with van der Waals surface area (Å²) in [7, 11) is 0. The molecule has 0 aromatic heterocycles. The van der Waals surface area contributed by atoms with Gasteiger partial charge < -0.3 is 15.0 Å². The Bertz CT molecular complexity index is 972. The van der Waals surface area contributed by atoms with Crippen LogP contribution in [0.1, 0.15) is 82.9 Å². The Balaban J connectivity index is 1.74. The largest absolute Gasteiger partial charge is 0.484 e. The van der Waals surface area contributed by atoms with E-state index < -0.39 is 6.04 Å². The third-order valence-electron chi connectivity index (χ3n) is 6.86. The van der Waals surface area contributed by atoms with Crippen LogP contribution in [0.2, 0.25) is 0 Å². The van der Waals surface area contributed by atoms with E-state index >= 15 is 0 Å². The van der Waals surface area contributed by atoms with Gasteiger partial charge in [0.05, 0.1) is 0 Å². The van der Waals surface area contributed by atoms with Crippen molar-refractivity contribution in [1.82, 2.24) is 10.2 Å². The average molecular weight is 479 g/mol. The molecule has 5 nitrogen and oxygen atoms in total. The molecule has 0 aliphatic heterocycles. The van der Waals surface area contributed by atoms with Crippen molar-refractivity contribution < 1.29 is 14.3 Å². The highest BCUT2D eigenvalue weighted by Crippen LogP contribution is 2.24. The monoisotopic (exact) mass is 478 g/mol. The lowest BCUT2D eigenvalue weighted by Gasteiger charge is -2.32. The molecular formula is C30H42N2O3. The fourth-order valence-electron chi connectivity index (χ4n) is 4.75. The van der Waals surface area contributed by atoms with Crippen LogP contribution in [-0.4, -0.2) is 35.4 Å². The highest BCUT2D eigenvalue weighted by molar-refractivity contribution is 5.88. The highest BCUT2D eigenvalue weighted by Gasteiger charge is 2.30. The molecule has 3 rings (SSSR count). The van der Waals surface area contributed by atoms with Crippen molar-refractivity contribution in [3.05, 3.63) is 65.2 Å². The lowest BCUT2D eigenvalue weighted by molar-refractivity contribution is -0.143. The molecular weight excluding hydrogens is 436 g/mol. The van der Waals surface area contributed by atoms with Crippen LogP contribution in [0.15, 0.2) is 48.5 Å². The SMILES string of the molecule is CC[C@H](C(=O)NC1CCCCC1)N(Cc1cccc(C)c1)C(=O)COc1ccc(C(C)(C)C)cc1. The molecule has 2 amide bonds. The Morgan fingerprint density at radius 2 is 1.74 bits per heavy atom. The van der Waals surface area contributed by atoms with Crippen molar-refractivity contribution >= 4 is 11.8 Å². The zero-order valence-electron chi connectivity index (χ0n) is 22.1. The zero-order chi connectivity index (χ0) is 25.4. The second-order valence-electron chi connectivity index (χ2n) is 10.8. The fourth-order valence-corrected chi connectivity index (χ4v) is 4.75. The predicted molar refractivity (Wildman–Crippen MR) is 141 cm³/mol. The maximum absolute atomic E-state index is 13.4. The summed E-state index contributed by atoms with van der Waals surface area (Å²) in [5, 5.41) is 3.22. The van der Waals surface area contributed by atoms with Gasteiger partial charge in [-0.15, -0.1) is 0 Å². The number of nitrogens with zero attached hydrogens (tertiary/aromatic N) is 1. The van der Waals surface area contributed by atoms with Crippen LogP contribution in [0.5, 0.6) is 5.75 Å². The predicted octanol–water partition coefficient (Wildman–Crippen LogP) is 5.93. The Labute approximate surface area is 211 Å². The number of carbonyl (C=O) groups is 2. The summed E-state index contributed by atoms with van der Waals surface area (Å²) in [6.45, 7) is 10.8. The first-order valence-electron chi connectivity index (χ1n) is 13.1. The third-order valence-corrected chi connectivity index (χ3v) is 6.86. The fraction of sp³-hybridized carbons (Fsp3) is 0.533. The number of carbonyl (C=O) groups excluding carboxylic acids is 2. The van der Waals surface area contributed by atoms with Crippen LogP contribution in [0, 0.1) is 6.92 Å². The van der Waals surface area contributed by atoms with E-state index in [4.69, 9.17) is 4.74 Å². The number of aryl methyl sites for hydroxylation is 1. The molecule has 2 aromatic carbocycles. The molecule has 190 valence electrons. The molecule has 1 aliphatic rings. The molecule has 0 radical (unpaired) electrons. The second kappa shape index (κ2) is 12.2. The quantitative estimate of drug-likeness (QED) is 0.486. The van der Waals surface area contributed by atoms with Crippen LogP contribution in [0.4, 0.5) is 0 Å². The van der Waals surface area contributed by atoms with Gasteiger partial charge in [0.2, 0.25) is 5.91 Å². The van der Waals surface area contributed by atoms with Gasteiger partial charge in [0.1, 0.15) is 11.8 Å². The summed E-state index contributed by atoms with van der Waals surface area (Å²) in [5.41, 5.74) is 3.41. The van der Waals surface area contributed by atoms with E-state index in [-0.39, 0.29) is 29.9 Å². The topological polar surface area (TPSA) is 58.6 Å². The zero-order valence-corrected chi connectivity index (χ0v) is 22.1. The van der Waals surface area contributed by atoms with Crippen molar-refractivity contribution in [3.8, 4) is 5.75 Å². The second-order valence-corrected chi connectivity index (χ2v) is 10.8. The smallest absolute Gasteiger partial charge is 0.261 e. The molecule has 0 saturated heterocycles. The summed E-state index contributed by atoms with van der Waals surface area (Å²) in [5.74, 6) is 0.411. The summed E-state index contributed by atoms with van der Waals surface area (Å²) >= 11 is 0. The molecule has 5 heteroatoms. The van der Waals surface area contributed by atoms with Gasteiger partial charge >= 0.3 is 0 Å². The lowest BCUT2D eigenvalue weighted by atomic mass is 9.87. The summed E-state index contributed by atoms with van der Waals surface area (Å²) in [6, 6.07) is 15.7. The van der Waals surface area contributed by atoms with E-state index in [1.54, 1.807) is 4.90 Å². The number of nitrogens with one attached hydrogen (secondary N) is 1. The van der Waals surface area contributed by atoms with Crippen LogP contribution in [-0.2, 0) is 21.5 Å². The maximum Gasteiger partial charge on any atom is 0.261 e. The minimum atomic E-state index is -0.531. The summed E-state index contributed by atoms with van der Waals surface area (Å²) in [4.78, 5) is 28.4. The van der Waals surface area contributed by atoms with Crippen molar-refractivity contribution in [1.29, 1.82) is 0 Å². The molecule has 1 atom stereocenters. The standard InChI is InChI=1S/C30H42N2O3/c1-6-27(29(34)31-25-13-8-7-9-14-25)32(20-23-12-10-11-22(2)19-23)28(33)21-35-26-17-15-24(16-18-26)30(3,4)5/h10-12,15-19,25,27H,6-9,13-14,20-21H2,1-5H3,(H,31,34)/t27-/m1/s1. The molecule has 0 heterocycles. The average Bonchev–Trinajstić information content (AvgIpc) is 2.83. The first-order valence-corrected chi connectivity index (χ1v) is 13.1. The summed E-state index contributed by atoms with van der Waals surface area (Å²) < 4.78 is 5.88. The van der Waals surface area contributed by atoms with E-state index in [1.165, 1.54) is 12.0 Å². The molecule has 2 aromatic rings. The van der Waals surface area contributed by atoms with Gasteiger partial charge in [-0.3, -0.25) is 9.59 Å². The van der Waals surface area contributed by atoms with Crippen molar-refractivity contribution in [2.75, 3.05) is 6.61 Å². The molecule has 1 aliphatic carbocycles. The molecule has 1 saturated carbocycles. The number of ether oxygens (including phenoxy) is 1. The van der Waals surface area contributed by atoms with Gasteiger partial charge in [-0.2, -0.15) is 0 Å². The number of hydrogen-bond acceptors (Lipinski definition) is 3. The molecule has 0 unspecified atom stereocenters. The Morgan fingerprint density at radius 3 is 2.34 bits per heavy atom. The number of benzene rings is 2. The van der Waals surface area contributed by atoms with Gasteiger partial charge in [-0.05, 0) is 54.9 Å². The van der Waals surface area contributed by atoms with Crippen molar-refractivity contribution in [3.63, 3.8) is 0 Å².